The van der Waals surface area contributed by atoms with Crippen LogP contribution in [0.4, 0.5) is 0 Å². The van der Waals surface area contributed by atoms with Crippen LogP contribution in [0, 0.1) is 5.41 Å². The van der Waals surface area contributed by atoms with E-state index in [2.05, 4.69) is 109 Å². The van der Waals surface area contributed by atoms with Gasteiger partial charge in [-0.3, -0.25) is 4.79 Å². The Kier molecular flexibility index (Phi) is 6.12. The molecule has 38 heavy (non-hydrogen) atoms. The zero-order chi connectivity index (χ0) is 26.5. The summed E-state index contributed by atoms with van der Waals surface area (Å²) in [5.74, 6) is 0.156. The minimum atomic E-state index is -1.15. The monoisotopic (exact) mass is 522 g/mol. The Labute approximate surface area is 227 Å². The second kappa shape index (κ2) is 9.25. The van der Waals surface area contributed by atoms with Crippen molar-refractivity contribution in [3.05, 3.63) is 107 Å². The van der Waals surface area contributed by atoms with Crippen molar-refractivity contribution >= 4 is 24.9 Å². The van der Waals surface area contributed by atoms with Crippen LogP contribution in [0.2, 0.25) is 25.7 Å². The Morgan fingerprint density at radius 1 is 0.921 bits per heavy atom. The van der Waals surface area contributed by atoms with Gasteiger partial charge in [-0.1, -0.05) is 93.3 Å². The van der Waals surface area contributed by atoms with E-state index in [0.717, 1.165) is 43.2 Å². The highest BCUT2D eigenvalue weighted by Crippen LogP contribution is 2.57. The Morgan fingerprint density at radius 3 is 2.42 bits per heavy atom. The molecule has 5 heteroatoms. The van der Waals surface area contributed by atoms with Crippen molar-refractivity contribution in [3.63, 3.8) is 0 Å². The number of nitrogens with zero attached hydrogens (tertiary/aromatic N) is 2. The molecule has 2 aliphatic rings. The van der Waals surface area contributed by atoms with Crippen LogP contribution in [0.25, 0.3) is 10.9 Å². The van der Waals surface area contributed by atoms with Crippen LogP contribution in [0.3, 0.4) is 0 Å². The van der Waals surface area contributed by atoms with Gasteiger partial charge in [0.25, 0.3) is 5.91 Å². The maximum Gasteiger partial charge on any atom is 0.255 e. The molecule has 0 unspecified atom stereocenters. The minimum Gasteiger partial charge on any atom is -0.361 e. The number of hydrogen-bond acceptors (Lipinski definition) is 2. The smallest absolute Gasteiger partial charge is 0.255 e. The quantitative estimate of drug-likeness (QED) is 0.180. The van der Waals surface area contributed by atoms with Gasteiger partial charge >= 0.3 is 0 Å². The second-order valence-electron chi connectivity index (χ2n) is 12.8. The number of aromatic nitrogens is 1. The number of fused-ring (bicyclic) bond motifs is 4. The van der Waals surface area contributed by atoms with Gasteiger partial charge in [-0.25, -0.2) is 0 Å². The molecule has 1 saturated heterocycles. The third-order valence-electron chi connectivity index (χ3n) is 8.50. The number of ether oxygens (including phenoxy) is 1. The average molecular weight is 523 g/mol. The summed E-state index contributed by atoms with van der Waals surface area (Å²) in [5, 5.41) is 1.25. The first-order valence-corrected chi connectivity index (χ1v) is 17.5. The fraction of sp³-hybridized carbons (Fsp3) is 0.364. The molecule has 196 valence electrons. The van der Waals surface area contributed by atoms with Crippen LogP contribution < -0.4 is 0 Å². The molecular formula is C33H38N2O2Si. The van der Waals surface area contributed by atoms with Crippen molar-refractivity contribution < 1.29 is 9.53 Å². The zero-order valence-electron chi connectivity index (χ0n) is 23.0. The lowest BCUT2D eigenvalue weighted by Crippen LogP contribution is -2.39. The van der Waals surface area contributed by atoms with Gasteiger partial charge in [0.1, 0.15) is 6.73 Å². The van der Waals surface area contributed by atoms with Gasteiger partial charge < -0.3 is 14.2 Å². The van der Waals surface area contributed by atoms with Crippen LogP contribution in [-0.4, -0.2) is 36.6 Å². The van der Waals surface area contributed by atoms with E-state index in [0.29, 0.717) is 6.73 Å². The van der Waals surface area contributed by atoms with Crippen molar-refractivity contribution in [2.24, 2.45) is 5.41 Å². The summed E-state index contributed by atoms with van der Waals surface area (Å²) in [4.78, 5) is 15.9. The highest BCUT2D eigenvalue weighted by atomic mass is 28.3. The summed E-state index contributed by atoms with van der Waals surface area (Å²) in [7, 11) is -1.15. The average Bonchev–Trinajstić information content (AvgIpc) is 3.48. The molecule has 6 rings (SSSR count). The lowest BCUT2D eigenvalue weighted by atomic mass is 9.73. The van der Waals surface area contributed by atoms with E-state index in [4.69, 9.17) is 4.74 Å². The summed E-state index contributed by atoms with van der Waals surface area (Å²) in [6, 6.07) is 30.9. The van der Waals surface area contributed by atoms with Crippen LogP contribution in [0.5, 0.6) is 0 Å². The first-order valence-electron chi connectivity index (χ1n) is 13.8. The summed E-state index contributed by atoms with van der Waals surface area (Å²) in [6.45, 7) is 11.6. The Balaban J connectivity index is 1.36. The molecule has 0 saturated carbocycles. The molecule has 3 aromatic carbocycles. The van der Waals surface area contributed by atoms with Gasteiger partial charge in [0.05, 0.1) is 11.1 Å². The zero-order valence-corrected chi connectivity index (χ0v) is 24.0. The van der Waals surface area contributed by atoms with E-state index in [9.17, 15) is 4.79 Å². The summed E-state index contributed by atoms with van der Waals surface area (Å²) < 4.78 is 8.62. The Bertz CT molecular complexity index is 1490. The van der Waals surface area contributed by atoms with E-state index in [1.54, 1.807) is 0 Å². The molecule has 0 aliphatic carbocycles. The lowest BCUT2D eigenvalue weighted by molar-refractivity contribution is 0.0700. The van der Waals surface area contributed by atoms with Gasteiger partial charge in [-0.2, -0.15) is 0 Å². The van der Waals surface area contributed by atoms with Crippen LogP contribution >= 0.6 is 0 Å². The van der Waals surface area contributed by atoms with E-state index in [-0.39, 0.29) is 11.3 Å². The van der Waals surface area contributed by atoms with E-state index >= 15 is 0 Å². The van der Waals surface area contributed by atoms with E-state index in [1.807, 2.05) is 12.1 Å². The molecule has 3 heterocycles. The number of hydrogen-bond donors (Lipinski definition) is 0. The number of carbonyl (C=O) groups is 1. The standard InChI is InChI=1S/C33H38N2O2Si/c1-32(21-27-20-25-12-8-11-17-30(25)34(27)24-37-18-19-38(2,3)4)22-33(26-13-6-5-7-14-26)29-16-10-9-15-28(29)31(36)35(33)23-32/h5-17,20H,18-19,21-24H2,1-4H3/t32-,33+/m0/s1. The maximum atomic E-state index is 13.8. The maximum absolute atomic E-state index is 13.8. The highest BCUT2D eigenvalue weighted by Gasteiger charge is 2.59. The lowest BCUT2D eigenvalue weighted by Gasteiger charge is -2.34. The molecule has 1 amide bonds. The van der Waals surface area contributed by atoms with Crippen molar-refractivity contribution in [3.8, 4) is 0 Å². The number of amides is 1. The Morgan fingerprint density at radius 2 is 1.63 bits per heavy atom. The molecule has 0 spiro atoms. The molecule has 1 fully saturated rings. The summed E-state index contributed by atoms with van der Waals surface area (Å²) in [5.41, 5.74) is 5.21. The van der Waals surface area contributed by atoms with Gasteiger partial charge in [-0.05, 0) is 59.0 Å². The molecule has 2 aliphatic heterocycles. The third-order valence-corrected chi connectivity index (χ3v) is 10.2. The second-order valence-corrected chi connectivity index (χ2v) is 18.4. The largest absolute Gasteiger partial charge is 0.361 e. The fourth-order valence-corrected chi connectivity index (χ4v) is 7.49. The van der Waals surface area contributed by atoms with Gasteiger partial charge in [0, 0.05) is 32.5 Å². The van der Waals surface area contributed by atoms with Crippen molar-refractivity contribution in [2.75, 3.05) is 13.2 Å². The molecule has 4 aromatic rings. The highest BCUT2D eigenvalue weighted by molar-refractivity contribution is 6.76. The molecule has 0 radical (unpaired) electrons. The predicted octanol–water partition coefficient (Wildman–Crippen LogP) is 7.31. The molecular weight excluding hydrogens is 484 g/mol. The molecule has 2 atom stereocenters. The summed E-state index contributed by atoms with van der Waals surface area (Å²) in [6.07, 6.45) is 1.78. The van der Waals surface area contributed by atoms with Crippen molar-refractivity contribution in [1.82, 2.24) is 9.47 Å². The van der Waals surface area contributed by atoms with Crippen molar-refractivity contribution in [2.45, 2.75) is 57.7 Å². The molecule has 0 bridgehead atoms. The van der Waals surface area contributed by atoms with Crippen molar-refractivity contribution in [1.29, 1.82) is 0 Å². The van der Waals surface area contributed by atoms with Crippen LogP contribution in [0.1, 0.15) is 40.5 Å². The van der Waals surface area contributed by atoms with Gasteiger partial charge in [0.2, 0.25) is 0 Å². The minimum absolute atomic E-state index is 0.0799. The summed E-state index contributed by atoms with van der Waals surface area (Å²) >= 11 is 0. The first kappa shape index (κ1) is 25.1. The molecule has 1 aromatic heterocycles. The van der Waals surface area contributed by atoms with Gasteiger partial charge in [-0.15, -0.1) is 0 Å². The number of benzene rings is 3. The number of rotatable bonds is 8. The van der Waals surface area contributed by atoms with E-state index in [1.165, 1.54) is 22.2 Å². The third kappa shape index (κ3) is 4.22. The SMILES string of the molecule is C[C@@]1(Cc2cc3ccccc3n2COCC[Si](C)(C)C)CN2C(=O)c3ccccc3[C@]2(c2ccccc2)C1. The first-order chi connectivity index (χ1) is 18.2. The normalized spacial score (nSPS) is 22.7. The van der Waals surface area contributed by atoms with Crippen LogP contribution in [0.15, 0.2) is 84.9 Å². The fourth-order valence-electron chi connectivity index (χ4n) is 6.73. The van der Waals surface area contributed by atoms with E-state index < -0.39 is 13.6 Å². The Hall–Kier alpha value is -3.15. The van der Waals surface area contributed by atoms with Gasteiger partial charge in [0.15, 0.2) is 0 Å². The van der Waals surface area contributed by atoms with Crippen LogP contribution in [-0.2, 0) is 23.4 Å². The number of carbonyl (C=O) groups excluding carboxylic acids is 1. The topological polar surface area (TPSA) is 34.5 Å². The predicted molar refractivity (Wildman–Crippen MR) is 157 cm³/mol. The molecule has 0 N–H and O–H groups in total. The number of para-hydroxylation sites is 1. The molecule has 4 nitrogen and oxygen atoms in total.